The summed E-state index contributed by atoms with van der Waals surface area (Å²) in [6, 6.07) is 0. The normalized spacial score (nSPS) is 10.3. The van der Waals surface area contributed by atoms with Gasteiger partial charge in [0.05, 0.1) is 7.11 Å². The van der Waals surface area contributed by atoms with E-state index in [1.165, 1.54) is 6.92 Å². The van der Waals surface area contributed by atoms with Crippen LogP contribution >= 0.6 is 0 Å². The first-order valence-corrected chi connectivity index (χ1v) is 4.13. The fourth-order valence-corrected chi connectivity index (χ4v) is 1.27. The molecule has 0 aliphatic carbocycles. The predicted molar refractivity (Wildman–Crippen MR) is 47.1 cm³/mol. The van der Waals surface area contributed by atoms with Gasteiger partial charge in [-0.2, -0.15) is 0 Å². The summed E-state index contributed by atoms with van der Waals surface area (Å²) in [5.74, 6) is -4.77. The molecule has 0 aromatic heterocycles. The number of esters is 1. The van der Waals surface area contributed by atoms with Gasteiger partial charge in [-0.15, -0.1) is 0 Å². The average molecular weight is 218 g/mol. The van der Waals surface area contributed by atoms with Crippen LogP contribution in [0, 0.1) is 31.3 Å². The molecule has 15 heavy (non-hydrogen) atoms. The molecule has 0 fully saturated rings. The van der Waals surface area contributed by atoms with Gasteiger partial charge < -0.3 is 4.74 Å². The smallest absolute Gasteiger partial charge is 0.341 e. The second-order valence-corrected chi connectivity index (χ2v) is 3.06. The standard InChI is InChI=1S/C10H9F3O2/c1-4-6(10(14)15-3)9(13)8(12)5(2)7(4)11/h1-3H3. The van der Waals surface area contributed by atoms with E-state index in [0.717, 1.165) is 14.0 Å². The monoisotopic (exact) mass is 218 g/mol. The Balaban J connectivity index is 3.60. The van der Waals surface area contributed by atoms with E-state index in [0.29, 0.717) is 0 Å². The highest BCUT2D eigenvalue weighted by molar-refractivity contribution is 5.91. The summed E-state index contributed by atoms with van der Waals surface area (Å²) in [5, 5.41) is 0. The van der Waals surface area contributed by atoms with Crippen molar-refractivity contribution in [2.45, 2.75) is 13.8 Å². The molecule has 0 amide bonds. The van der Waals surface area contributed by atoms with Gasteiger partial charge in [0.1, 0.15) is 11.4 Å². The van der Waals surface area contributed by atoms with Crippen LogP contribution in [0.15, 0.2) is 0 Å². The molecule has 0 aliphatic heterocycles. The van der Waals surface area contributed by atoms with Crippen molar-refractivity contribution >= 4 is 5.97 Å². The molecule has 0 radical (unpaired) electrons. The van der Waals surface area contributed by atoms with Gasteiger partial charge in [0.15, 0.2) is 11.6 Å². The summed E-state index contributed by atoms with van der Waals surface area (Å²) in [6.07, 6.45) is 0. The molecule has 0 spiro atoms. The van der Waals surface area contributed by atoms with Crippen molar-refractivity contribution < 1.29 is 22.7 Å². The highest BCUT2D eigenvalue weighted by Gasteiger charge is 2.25. The zero-order valence-corrected chi connectivity index (χ0v) is 8.45. The van der Waals surface area contributed by atoms with E-state index in [-0.39, 0.29) is 5.56 Å². The van der Waals surface area contributed by atoms with E-state index in [1.807, 2.05) is 0 Å². The van der Waals surface area contributed by atoms with Gasteiger partial charge in [-0.3, -0.25) is 0 Å². The number of ether oxygens (including phenoxy) is 1. The molecular formula is C10H9F3O2. The second-order valence-electron chi connectivity index (χ2n) is 3.06. The van der Waals surface area contributed by atoms with Crippen LogP contribution in [0.2, 0.25) is 0 Å². The highest BCUT2D eigenvalue weighted by Crippen LogP contribution is 2.24. The van der Waals surface area contributed by atoms with Crippen molar-refractivity contribution in [3.63, 3.8) is 0 Å². The molecule has 0 heterocycles. The third-order valence-electron chi connectivity index (χ3n) is 2.16. The average Bonchev–Trinajstić information content (AvgIpc) is 2.23. The SMILES string of the molecule is COC(=O)c1c(C)c(F)c(C)c(F)c1F. The maximum Gasteiger partial charge on any atom is 0.341 e. The van der Waals surface area contributed by atoms with E-state index in [4.69, 9.17) is 0 Å². The molecule has 0 bridgehead atoms. The summed E-state index contributed by atoms with van der Waals surface area (Å²) >= 11 is 0. The van der Waals surface area contributed by atoms with Crippen LogP contribution in [-0.2, 0) is 4.74 Å². The van der Waals surface area contributed by atoms with Crippen LogP contribution in [0.5, 0.6) is 0 Å². The molecule has 1 rings (SSSR count). The first-order valence-electron chi connectivity index (χ1n) is 4.13. The van der Waals surface area contributed by atoms with Gasteiger partial charge in [0, 0.05) is 11.1 Å². The number of carbonyl (C=O) groups is 1. The van der Waals surface area contributed by atoms with Crippen LogP contribution in [0.4, 0.5) is 13.2 Å². The molecule has 0 unspecified atom stereocenters. The molecule has 2 nitrogen and oxygen atoms in total. The minimum atomic E-state index is -1.38. The lowest BCUT2D eigenvalue weighted by Crippen LogP contribution is -2.12. The Morgan fingerprint density at radius 1 is 1.00 bits per heavy atom. The number of halogens is 3. The zero-order valence-electron chi connectivity index (χ0n) is 8.45. The van der Waals surface area contributed by atoms with Crippen molar-refractivity contribution in [3.8, 4) is 0 Å². The zero-order chi connectivity index (χ0) is 11.7. The first-order chi connectivity index (χ1) is 6.91. The van der Waals surface area contributed by atoms with Crippen molar-refractivity contribution in [1.82, 2.24) is 0 Å². The lowest BCUT2D eigenvalue weighted by atomic mass is 10.0. The Hall–Kier alpha value is -1.52. The maximum absolute atomic E-state index is 13.3. The van der Waals surface area contributed by atoms with Gasteiger partial charge in [0.2, 0.25) is 0 Å². The van der Waals surface area contributed by atoms with Gasteiger partial charge in [0.25, 0.3) is 0 Å². The van der Waals surface area contributed by atoms with Gasteiger partial charge in [-0.1, -0.05) is 0 Å². The first kappa shape index (κ1) is 11.6. The third-order valence-corrected chi connectivity index (χ3v) is 2.16. The summed E-state index contributed by atoms with van der Waals surface area (Å²) in [4.78, 5) is 11.1. The lowest BCUT2D eigenvalue weighted by molar-refractivity contribution is 0.0592. The van der Waals surface area contributed by atoms with Gasteiger partial charge >= 0.3 is 5.97 Å². The number of hydrogen-bond donors (Lipinski definition) is 0. The molecule has 0 aliphatic rings. The summed E-state index contributed by atoms with van der Waals surface area (Å²) in [6.45, 7) is 2.29. The fourth-order valence-electron chi connectivity index (χ4n) is 1.27. The molecule has 5 heteroatoms. The fraction of sp³-hybridized carbons (Fsp3) is 0.300. The minimum Gasteiger partial charge on any atom is -0.465 e. The van der Waals surface area contributed by atoms with E-state index in [1.54, 1.807) is 0 Å². The Bertz CT molecular complexity index is 398. The van der Waals surface area contributed by atoms with Crippen LogP contribution in [0.25, 0.3) is 0 Å². The lowest BCUT2D eigenvalue weighted by Gasteiger charge is -2.09. The molecular weight excluding hydrogens is 209 g/mol. The second kappa shape index (κ2) is 3.92. The molecule has 82 valence electrons. The van der Waals surface area contributed by atoms with Crippen LogP contribution in [0.3, 0.4) is 0 Å². The summed E-state index contributed by atoms with van der Waals surface area (Å²) in [7, 11) is 1.01. The van der Waals surface area contributed by atoms with Crippen molar-refractivity contribution in [2.75, 3.05) is 7.11 Å². The molecule has 0 N–H and O–H groups in total. The number of hydrogen-bond acceptors (Lipinski definition) is 2. The Morgan fingerprint density at radius 2 is 1.53 bits per heavy atom. The largest absolute Gasteiger partial charge is 0.465 e. The number of carbonyl (C=O) groups excluding carboxylic acids is 1. The third kappa shape index (κ3) is 1.69. The van der Waals surface area contributed by atoms with E-state index in [9.17, 15) is 18.0 Å². The predicted octanol–water partition coefficient (Wildman–Crippen LogP) is 2.51. The van der Waals surface area contributed by atoms with Crippen molar-refractivity contribution in [2.24, 2.45) is 0 Å². The summed E-state index contributed by atoms with van der Waals surface area (Å²) < 4.78 is 44.0. The molecule has 1 aromatic carbocycles. The van der Waals surface area contributed by atoms with E-state index in [2.05, 4.69) is 4.74 Å². The Morgan fingerprint density at radius 3 is 2.00 bits per heavy atom. The number of benzene rings is 1. The topological polar surface area (TPSA) is 26.3 Å². The molecule has 0 atom stereocenters. The van der Waals surface area contributed by atoms with Crippen molar-refractivity contribution in [1.29, 1.82) is 0 Å². The van der Waals surface area contributed by atoms with Gasteiger partial charge in [-0.25, -0.2) is 18.0 Å². The number of rotatable bonds is 1. The molecule has 0 saturated carbocycles. The van der Waals surface area contributed by atoms with Crippen LogP contribution < -0.4 is 0 Å². The van der Waals surface area contributed by atoms with Crippen LogP contribution in [-0.4, -0.2) is 13.1 Å². The van der Waals surface area contributed by atoms with Gasteiger partial charge in [-0.05, 0) is 13.8 Å². The van der Waals surface area contributed by atoms with Crippen LogP contribution in [0.1, 0.15) is 21.5 Å². The maximum atomic E-state index is 13.3. The van der Waals surface area contributed by atoms with E-state index >= 15 is 0 Å². The highest BCUT2D eigenvalue weighted by atomic mass is 19.2. The molecule has 0 saturated heterocycles. The number of methoxy groups -OCH3 is 1. The minimum absolute atomic E-state index is 0.252. The quantitative estimate of drug-likeness (QED) is 0.534. The molecule has 1 aromatic rings. The Labute approximate surface area is 84.7 Å². The van der Waals surface area contributed by atoms with Crippen molar-refractivity contribution in [3.05, 3.63) is 34.1 Å². The summed E-state index contributed by atoms with van der Waals surface area (Å²) in [5.41, 5.74) is -1.39. The van der Waals surface area contributed by atoms with E-state index < -0.39 is 34.5 Å². The Kier molecular flexibility index (Phi) is 3.02.